The number of thiazole rings is 1. The van der Waals surface area contributed by atoms with Gasteiger partial charge in [-0.2, -0.15) is 5.10 Å². The Morgan fingerprint density at radius 1 is 1.00 bits per heavy atom. The van der Waals surface area contributed by atoms with Gasteiger partial charge in [0.25, 0.3) is 0 Å². The summed E-state index contributed by atoms with van der Waals surface area (Å²) in [7, 11) is 6.42. The van der Waals surface area contributed by atoms with E-state index in [0.29, 0.717) is 23.8 Å². The molecule has 1 heterocycles. The summed E-state index contributed by atoms with van der Waals surface area (Å²) < 4.78 is 23.6. The molecule has 3 rings (SSSR count). The lowest BCUT2D eigenvalue weighted by molar-refractivity contribution is 0.324. The Balaban J connectivity index is 2.18. The minimum atomic E-state index is 0.492. The summed E-state index contributed by atoms with van der Waals surface area (Å²) in [4.78, 5) is 5.36. The average Bonchev–Trinajstić information content (AvgIpc) is 3.23. The SMILES string of the molecule is C=CCN=c1scc(-c2cc(OC)c(OC)c(OC)c2)n1N=C(C)c1ccc(OC)cc1. The summed E-state index contributed by atoms with van der Waals surface area (Å²) in [6, 6.07) is 11.6. The van der Waals surface area contributed by atoms with Crippen LogP contribution in [0.1, 0.15) is 12.5 Å². The molecule has 1 aromatic heterocycles. The summed E-state index contributed by atoms with van der Waals surface area (Å²) in [5, 5.41) is 6.90. The fourth-order valence-corrected chi connectivity index (χ4v) is 3.96. The highest BCUT2D eigenvalue weighted by atomic mass is 32.1. The van der Waals surface area contributed by atoms with Crippen LogP contribution in [0.4, 0.5) is 0 Å². The summed E-state index contributed by atoms with van der Waals surface area (Å²) in [5.74, 6) is 2.47. The van der Waals surface area contributed by atoms with Crippen LogP contribution < -0.4 is 23.7 Å². The van der Waals surface area contributed by atoms with Crippen LogP contribution in [0.5, 0.6) is 23.0 Å². The lowest BCUT2D eigenvalue weighted by atomic mass is 10.1. The quantitative estimate of drug-likeness (QED) is 0.351. The monoisotopic (exact) mass is 453 g/mol. The van der Waals surface area contributed by atoms with Crippen LogP contribution in [0.3, 0.4) is 0 Å². The molecule has 0 aliphatic heterocycles. The van der Waals surface area contributed by atoms with E-state index in [9.17, 15) is 0 Å². The molecular weight excluding hydrogens is 426 g/mol. The highest BCUT2D eigenvalue weighted by Gasteiger charge is 2.17. The maximum absolute atomic E-state index is 5.53. The second-order valence-corrected chi connectivity index (χ2v) is 7.51. The van der Waals surface area contributed by atoms with E-state index < -0.39 is 0 Å². The number of hydrogen-bond acceptors (Lipinski definition) is 7. The molecule has 0 saturated heterocycles. The lowest BCUT2D eigenvalue weighted by Gasteiger charge is -2.14. The van der Waals surface area contributed by atoms with Gasteiger partial charge in [0.05, 0.1) is 46.4 Å². The van der Waals surface area contributed by atoms with E-state index in [2.05, 4.69) is 11.6 Å². The largest absolute Gasteiger partial charge is 0.497 e. The molecule has 8 heteroatoms. The molecule has 7 nitrogen and oxygen atoms in total. The second-order valence-electron chi connectivity index (χ2n) is 6.67. The average molecular weight is 454 g/mol. The molecule has 0 radical (unpaired) electrons. The Kier molecular flexibility index (Phi) is 7.72. The van der Waals surface area contributed by atoms with Crippen LogP contribution in [0, 0.1) is 0 Å². The van der Waals surface area contributed by atoms with Crippen LogP contribution in [0.25, 0.3) is 11.3 Å². The van der Waals surface area contributed by atoms with Crippen molar-refractivity contribution in [2.24, 2.45) is 10.1 Å². The predicted octanol–water partition coefficient (Wildman–Crippen LogP) is 4.61. The zero-order valence-corrected chi connectivity index (χ0v) is 19.7. The Bertz CT molecular complexity index is 1150. The molecular formula is C24H27N3O4S. The van der Waals surface area contributed by atoms with Gasteiger partial charge in [-0.1, -0.05) is 6.08 Å². The number of rotatable bonds is 9. The Hall–Kier alpha value is -3.52. The van der Waals surface area contributed by atoms with Crippen LogP contribution >= 0.6 is 11.3 Å². The second kappa shape index (κ2) is 10.7. The summed E-state index contributed by atoms with van der Waals surface area (Å²) in [5.41, 5.74) is 3.53. The van der Waals surface area contributed by atoms with E-state index in [1.54, 1.807) is 34.5 Å². The van der Waals surface area contributed by atoms with Gasteiger partial charge >= 0.3 is 0 Å². The topological polar surface area (TPSA) is 66.6 Å². The molecule has 0 N–H and O–H groups in total. The van der Waals surface area contributed by atoms with Gasteiger partial charge in [-0.05, 0) is 48.9 Å². The Morgan fingerprint density at radius 2 is 1.66 bits per heavy atom. The third kappa shape index (κ3) is 4.86. The standard InChI is InChI=1S/C24H27N3O4S/c1-7-12-25-24-27(26-16(2)17-8-10-19(28-3)11-9-17)20(15-32-24)18-13-21(29-4)23(31-6)22(14-18)30-5/h7-11,13-15H,1,12H2,2-6H3. The minimum Gasteiger partial charge on any atom is -0.497 e. The first-order chi connectivity index (χ1) is 15.6. The molecule has 0 saturated carbocycles. The van der Waals surface area contributed by atoms with Gasteiger partial charge < -0.3 is 18.9 Å². The first-order valence-electron chi connectivity index (χ1n) is 9.88. The minimum absolute atomic E-state index is 0.492. The van der Waals surface area contributed by atoms with Crippen LogP contribution in [0.15, 0.2) is 64.5 Å². The van der Waals surface area contributed by atoms with Gasteiger partial charge in [-0.25, -0.2) is 4.68 Å². The maximum atomic E-state index is 5.53. The van der Waals surface area contributed by atoms with Crippen molar-refractivity contribution in [1.82, 2.24) is 4.68 Å². The first kappa shape index (κ1) is 23.1. The first-order valence-corrected chi connectivity index (χ1v) is 10.8. The van der Waals surface area contributed by atoms with Crippen molar-refractivity contribution in [1.29, 1.82) is 0 Å². The number of ether oxygens (including phenoxy) is 4. The van der Waals surface area contributed by atoms with Crippen LogP contribution in [-0.4, -0.2) is 45.4 Å². The molecule has 0 bridgehead atoms. The van der Waals surface area contributed by atoms with Crippen molar-refractivity contribution in [2.45, 2.75) is 6.92 Å². The smallest absolute Gasteiger partial charge is 0.206 e. The van der Waals surface area contributed by atoms with Crippen LogP contribution in [-0.2, 0) is 0 Å². The highest BCUT2D eigenvalue weighted by Crippen LogP contribution is 2.41. The zero-order valence-electron chi connectivity index (χ0n) is 18.9. The van der Waals surface area contributed by atoms with E-state index in [4.69, 9.17) is 24.0 Å². The lowest BCUT2D eigenvalue weighted by Crippen LogP contribution is -2.14. The van der Waals surface area contributed by atoms with Gasteiger partial charge in [-0.15, -0.1) is 17.9 Å². The van der Waals surface area contributed by atoms with Gasteiger partial charge in [0.15, 0.2) is 11.5 Å². The fraction of sp³-hybridized carbons (Fsp3) is 0.250. The number of hydrogen-bond donors (Lipinski definition) is 0. The highest BCUT2D eigenvalue weighted by molar-refractivity contribution is 7.07. The van der Waals surface area contributed by atoms with Crippen molar-refractivity contribution < 1.29 is 18.9 Å². The number of methoxy groups -OCH3 is 4. The van der Waals surface area contributed by atoms with Crippen molar-refractivity contribution in [3.8, 4) is 34.3 Å². The van der Waals surface area contributed by atoms with Gasteiger partial charge in [0, 0.05) is 10.9 Å². The summed E-state index contributed by atoms with van der Waals surface area (Å²) in [6.45, 7) is 6.22. The molecule has 0 aliphatic carbocycles. The summed E-state index contributed by atoms with van der Waals surface area (Å²) >= 11 is 1.50. The fourth-order valence-electron chi connectivity index (χ4n) is 3.11. The van der Waals surface area contributed by atoms with Crippen molar-refractivity contribution in [2.75, 3.05) is 35.0 Å². The molecule has 0 aliphatic rings. The van der Waals surface area contributed by atoms with Gasteiger partial charge in [-0.3, -0.25) is 4.99 Å². The zero-order chi connectivity index (χ0) is 23.1. The third-order valence-electron chi connectivity index (χ3n) is 4.76. The molecule has 2 aromatic carbocycles. The number of aromatic nitrogens is 1. The van der Waals surface area contributed by atoms with E-state index in [-0.39, 0.29) is 0 Å². The van der Waals surface area contributed by atoms with E-state index >= 15 is 0 Å². The molecule has 0 unspecified atom stereocenters. The molecule has 0 spiro atoms. The van der Waals surface area contributed by atoms with Crippen LogP contribution in [0.2, 0.25) is 0 Å². The maximum Gasteiger partial charge on any atom is 0.206 e. The molecule has 0 atom stereocenters. The van der Waals surface area contributed by atoms with E-state index in [0.717, 1.165) is 33.1 Å². The molecule has 0 fully saturated rings. The van der Waals surface area contributed by atoms with Crippen molar-refractivity contribution in [3.05, 3.63) is 64.8 Å². The molecule has 3 aromatic rings. The van der Waals surface area contributed by atoms with Gasteiger partial charge in [0.2, 0.25) is 10.6 Å². The number of nitrogens with zero attached hydrogens (tertiary/aromatic N) is 3. The Labute approximate surface area is 191 Å². The Morgan fingerprint density at radius 3 is 2.19 bits per heavy atom. The predicted molar refractivity (Wildman–Crippen MR) is 129 cm³/mol. The van der Waals surface area contributed by atoms with Crippen molar-refractivity contribution in [3.63, 3.8) is 0 Å². The van der Waals surface area contributed by atoms with E-state index in [1.807, 2.05) is 53.4 Å². The molecule has 0 amide bonds. The summed E-state index contributed by atoms with van der Waals surface area (Å²) in [6.07, 6.45) is 1.75. The van der Waals surface area contributed by atoms with Crippen molar-refractivity contribution >= 4 is 17.0 Å². The number of benzene rings is 2. The van der Waals surface area contributed by atoms with Gasteiger partial charge in [0.1, 0.15) is 5.75 Å². The normalized spacial score (nSPS) is 11.9. The van der Waals surface area contributed by atoms with E-state index in [1.165, 1.54) is 11.3 Å². The molecule has 32 heavy (non-hydrogen) atoms. The molecule has 168 valence electrons. The third-order valence-corrected chi connectivity index (χ3v) is 5.61.